The molecule has 0 saturated carbocycles. The number of hydrogen-bond acceptors (Lipinski definition) is 4. The molecule has 0 aromatic rings. The van der Waals surface area contributed by atoms with Crippen molar-refractivity contribution in [3.05, 3.63) is 23.5 Å². The Bertz CT molecular complexity index is 336. The van der Waals surface area contributed by atoms with Gasteiger partial charge in [0.05, 0.1) is 6.10 Å². The molecule has 2 heterocycles. The van der Waals surface area contributed by atoms with Gasteiger partial charge >= 0.3 is 0 Å². The van der Waals surface area contributed by atoms with E-state index in [1.807, 2.05) is 6.92 Å². The van der Waals surface area contributed by atoms with Crippen LogP contribution in [0.5, 0.6) is 0 Å². The lowest BCUT2D eigenvalue weighted by atomic mass is 10.2. The van der Waals surface area contributed by atoms with Crippen LogP contribution in [-0.4, -0.2) is 35.1 Å². The van der Waals surface area contributed by atoms with Crippen LogP contribution in [-0.2, 0) is 4.79 Å². The average molecular weight is 209 g/mol. The van der Waals surface area contributed by atoms with Gasteiger partial charge in [0, 0.05) is 19.3 Å². The lowest BCUT2D eigenvalue weighted by molar-refractivity contribution is -0.127. The SMILES string of the molecule is CC1=CNNC(C(=O)N2CCC(O)C2)=C1. The molecule has 5 heteroatoms. The summed E-state index contributed by atoms with van der Waals surface area (Å²) in [6, 6.07) is 0. The quantitative estimate of drug-likeness (QED) is 0.543. The van der Waals surface area contributed by atoms with E-state index in [1.54, 1.807) is 17.2 Å². The topological polar surface area (TPSA) is 64.6 Å². The van der Waals surface area contributed by atoms with Crippen LogP contribution in [0.2, 0.25) is 0 Å². The minimum Gasteiger partial charge on any atom is -0.391 e. The summed E-state index contributed by atoms with van der Waals surface area (Å²) in [7, 11) is 0. The summed E-state index contributed by atoms with van der Waals surface area (Å²) in [5, 5.41) is 9.34. The Hall–Kier alpha value is -1.49. The number of aliphatic hydroxyl groups is 1. The van der Waals surface area contributed by atoms with Gasteiger partial charge in [-0.25, -0.2) is 0 Å². The third-order valence-electron chi connectivity index (χ3n) is 2.56. The van der Waals surface area contributed by atoms with Crippen molar-refractivity contribution in [3.8, 4) is 0 Å². The molecule has 0 radical (unpaired) electrons. The third-order valence-corrected chi connectivity index (χ3v) is 2.56. The molecule has 1 fully saturated rings. The number of hydrazine groups is 1. The second-order valence-electron chi connectivity index (χ2n) is 3.91. The summed E-state index contributed by atoms with van der Waals surface area (Å²) in [6.07, 6.45) is 3.88. The number of allylic oxidation sites excluding steroid dienone is 2. The zero-order valence-electron chi connectivity index (χ0n) is 8.66. The summed E-state index contributed by atoms with van der Waals surface area (Å²) in [6.45, 7) is 2.97. The molecule has 1 atom stereocenters. The van der Waals surface area contributed by atoms with E-state index < -0.39 is 0 Å². The zero-order chi connectivity index (χ0) is 10.8. The lowest BCUT2D eigenvalue weighted by Gasteiger charge is -2.21. The number of likely N-dealkylation sites (tertiary alicyclic amines) is 1. The van der Waals surface area contributed by atoms with Crippen molar-refractivity contribution in [2.75, 3.05) is 13.1 Å². The van der Waals surface area contributed by atoms with Gasteiger partial charge in [-0.05, 0) is 25.0 Å². The van der Waals surface area contributed by atoms with Crippen molar-refractivity contribution in [1.29, 1.82) is 0 Å². The Morgan fingerprint density at radius 1 is 1.67 bits per heavy atom. The zero-order valence-corrected chi connectivity index (χ0v) is 8.66. The molecule has 0 bridgehead atoms. The smallest absolute Gasteiger partial charge is 0.271 e. The number of nitrogens with zero attached hydrogens (tertiary/aromatic N) is 1. The maximum atomic E-state index is 11.9. The second kappa shape index (κ2) is 3.94. The molecular weight excluding hydrogens is 194 g/mol. The van der Waals surface area contributed by atoms with Crippen molar-refractivity contribution in [2.24, 2.45) is 0 Å². The number of amides is 1. The molecule has 82 valence electrons. The molecule has 0 spiro atoms. The van der Waals surface area contributed by atoms with Gasteiger partial charge in [-0.15, -0.1) is 0 Å². The summed E-state index contributed by atoms with van der Waals surface area (Å²) in [5.74, 6) is -0.0634. The van der Waals surface area contributed by atoms with Crippen LogP contribution in [0.4, 0.5) is 0 Å². The van der Waals surface area contributed by atoms with Crippen LogP contribution in [0, 0.1) is 0 Å². The lowest BCUT2D eigenvalue weighted by Crippen LogP contribution is -2.40. The number of rotatable bonds is 1. The van der Waals surface area contributed by atoms with Gasteiger partial charge in [0.15, 0.2) is 0 Å². The highest BCUT2D eigenvalue weighted by atomic mass is 16.3. The van der Waals surface area contributed by atoms with Gasteiger partial charge < -0.3 is 15.4 Å². The monoisotopic (exact) mass is 209 g/mol. The standard InChI is InChI=1S/C10H15N3O2/c1-7-4-9(12-11-5-7)10(15)13-3-2-8(14)6-13/h4-5,8,11-12,14H,2-3,6H2,1H3. The van der Waals surface area contributed by atoms with Gasteiger partial charge in [0.1, 0.15) is 5.70 Å². The number of carbonyl (C=O) groups is 1. The molecule has 2 rings (SSSR count). The van der Waals surface area contributed by atoms with Crippen molar-refractivity contribution in [2.45, 2.75) is 19.4 Å². The fourth-order valence-electron chi connectivity index (χ4n) is 1.74. The molecule has 1 unspecified atom stereocenters. The minimum atomic E-state index is -0.372. The molecule has 1 saturated heterocycles. The van der Waals surface area contributed by atoms with Crippen LogP contribution < -0.4 is 10.9 Å². The molecular formula is C10H15N3O2. The Labute approximate surface area is 88.4 Å². The average Bonchev–Trinajstić information content (AvgIpc) is 2.64. The van der Waals surface area contributed by atoms with Crippen LogP contribution in [0.3, 0.4) is 0 Å². The molecule has 2 aliphatic heterocycles. The molecule has 15 heavy (non-hydrogen) atoms. The molecule has 5 nitrogen and oxygen atoms in total. The predicted octanol–water partition coefficient (Wildman–Crippen LogP) is -0.525. The van der Waals surface area contributed by atoms with Gasteiger partial charge in [0.2, 0.25) is 0 Å². The fraction of sp³-hybridized carbons (Fsp3) is 0.500. The van der Waals surface area contributed by atoms with Crippen LogP contribution >= 0.6 is 0 Å². The molecule has 0 aromatic carbocycles. The normalized spacial score (nSPS) is 25.2. The van der Waals surface area contributed by atoms with Crippen molar-refractivity contribution >= 4 is 5.91 Å². The summed E-state index contributed by atoms with van der Waals surface area (Å²) < 4.78 is 0. The predicted molar refractivity (Wildman–Crippen MR) is 55.3 cm³/mol. The van der Waals surface area contributed by atoms with E-state index in [0.717, 1.165) is 5.57 Å². The minimum absolute atomic E-state index is 0.0634. The molecule has 2 aliphatic rings. The van der Waals surface area contributed by atoms with E-state index >= 15 is 0 Å². The van der Waals surface area contributed by atoms with E-state index in [9.17, 15) is 9.90 Å². The number of aliphatic hydroxyl groups excluding tert-OH is 1. The van der Waals surface area contributed by atoms with Crippen LogP contribution in [0.25, 0.3) is 0 Å². The molecule has 0 aliphatic carbocycles. The van der Waals surface area contributed by atoms with Crippen LogP contribution in [0.1, 0.15) is 13.3 Å². The first-order valence-electron chi connectivity index (χ1n) is 5.04. The van der Waals surface area contributed by atoms with E-state index in [2.05, 4.69) is 10.9 Å². The van der Waals surface area contributed by atoms with E-state index in [0.29, 0.717) is 25.2 Å². The number of hydrogen-bond donors (Lipinski definition) is 3. The Balaban J connectivity index is 2.05. The molecule has 0 aromatic heterocycles. The van der Waals surface area contributed by atoms with E-state index in [-0.39, 0.29) is 12.0 Å². The molecule has 3 N–H and O–H groups in total. The Kier molecular flexibility index (Phi) is 2.64. The first-order valence-corrected chi connectivity index (χ1v) is 5.04. The van der Waals surface area contributed by atoms with E-state index in [4.69, 9.17) is 0 Å². The largest absolute Gasteiger partial charge is 0.391 e. The highest BCUT2D eigenvalue weighted by molar-refractivity contribution is 5.93. The fourth-order valence-corrected chi connectivity index (χ4v) is 1.74. The third kappa shape index (κ3) is 2.12. The van der Waals surface area contributed by atoms with Crippen molar-refractivity contribution in [3.63, 3.8) is 0 Å². The van der Waals surface area contributed by atoms with Crippen molar-refractivity contribution < 1.29 is 9.90 Å². The summed E-state index contributed by atoms with van der Waals surface area (Å²) in [5.41, 5.74) is 7.14. The van der Waals surface area contributed by atoms with Gasteiger partial charge in [-0.2, -0.15) is 0 Å². The van der Waals surface area contributed by atoms with Crippen LogP contribution in [0.15, 0.2) is 23.5 Å². The summed E-state index contributed by atoms with van der Waals surface area (Å²) in [4.78, 5) is 13.6. The maximum Gasteiger partial charge on any atom is 0.271 e. The second-order valence-corrected chi connectivity index (χ2v) is 3.91. The highest BCUT2D eigenvalue weighted by Crippen LogP contribution is 2.13. The van der Waals surface area contributed by atoms with Crippen molar-refractivity contribution in [1.82, 2.24) is 15.8 Å². The Morgan fingerprint density at radius 2 is 2.47 bits per heavy atom. The van der Waals surface area contributed by atoms with E-state index in [1.165, 1.54) is 0 Å². The molecule has 1 amide bonds. The van der Waals surface area contributed by atoms with Gasteiger partial charge in [-0.1, -0.05) is 0 Å². The Morgan fingerprint density at radius 3 is 3.07 bits per heavy atom. The first kappa shape index (κ1) is 10.0. The maximum absolute atomic E-state index is 11.9. The number of β-amino-alcohol motifs (C(OH)–C–C–N with tert-alkyl or cyclic N) is 1. The van der Waals surface area contributed by atoms with Gasteiger partial charge in [0.25, 0.3) is 5.91 Å². The summed E-state index contributed by atoms with van der Waals surface area (Å²) >= 11 is 0. The number of nitrogens with one attached hydrogen (secondary N) is 2. The highest BCUT2D eigenvalue weighted by Gasteiger charge is 2.27. The van der Waals surface area contributed by atoms with Gasteiger partial charge in [-0.3, -0.25) is 10.2 Å². The number of carbonyl (C=O) groups excluding carboxylic acids is 1. The first-order chi connectivity index (χ1) is 7.16.